The summed E-state index contributed by atoms with van der Waals surface area (Å²) >= 11 is 12.6. The largest absolute Gasteiger partial charge is 0.352 e. The maximum atomic E-state index is 13.2. The van der Waals surface area contributed by atoms with Crippen molar-refractivity contribution in [1.29, 1.82) is 0 Å². The van der Waals surface area contributed by atoms with Crippen LogP contribution in [0.1, 0.15) is 56.6 Å². The first-order valence-electron chi connectivity index (χ1n) is 11.0. The van der Waals surface area contributed by atoms with Crippen LogP contribution in [-0.4, -0.2) is 28.8 Å². The van der Waals surface area contributed by atoms with E-state index in [-0.39, 0.29) is 24.3 Å². The van der Waals surface area contributed by atoms with Gasteiger partial charge in [-0.3, -0.25) is 9.59 Å². The molecule has 3 rings (SSSR count). The summed E-state index contributed by atoms with van der Waals surface area (Å²) in [6.07, 6.45) is 6.30. The van der Waals surface area contributed by atoms with Crippen molar-refractivity contribution in [3.8, 4) is 0 Å². The smallest absolute Gasteiger partial charge is 0.242 e. The Labute approximate surface area is 194 Å². The molecular weight excluding hydrogens is 431 g/mol. The van der Waals surface area contributed by atoms with Gasteiger partial charge in [0.15, 0.2) is 0 Å². The molecule has 0 spiro atoms. The fraction of sp³-hybridized carbons (Fsp3) is 0.440. The molecule has 166 valence electrons. The summed E-state index contributed by atoms with van der Waals surface area (Å²) < 4.78 is 0. The number of amides is 2. The van der Waals surface area contributed by atoms with E-state index in [9.17, 15) is 9.59 Å². The molecule has 0 aromatic heterocycles. The molecule has 0 radical (unpaired) electrons. The molecule has 2 amide bonds. The van der Waals surface area contributed by atoms with Crippen LogP contribution < -0.4 is 5.32 Å². The first-order chi connectivity index (χ1) is 15.0. The Morgan fingerprint density at radius 2 is 1.55 bits per heavy atom. The second-order valence-corrected chi connectivity index (χ2v) is 9.04. The Hall–Kier alpha value is -2.04. The van der Waals surface area contributed by atoms with E-state index in [1.807, 2.05) is 42.5 Å². The minimum atomic E-state index is -0.586. The molecule has 1 unspecified atom stereocenters. The zero-order valence-corrected chi connectivity index (χ0v) is 19.5. The van der Waals surface area contributed by atoms with Gasteiger partial charge in [0.2, 0.25) is 11.8 Å². The van der Waals surface area contributed by atoms with Crippen LogP contribution in [0.5, 0.6) is 0 Å². The third kappa shape index (κ3) is 6.72. The first kappa shape index (κ1) is 23.6. The van der Waals surface area contributed by atoms with Gasteiger partial charge in [0.05, 0.1) is 0 Å². The summed E-state index contributed by atoms with van der Waals surface area (Å²) in [5.41, 5.74) is 1.75. The predicted molar refractivity (Wildman–Crippen MR) is 126 cm³/mol. The average molecular weight is 461 g/mol. The average Bonchev–Trinajstić information content (AvgIpc) is 2.78. The van der Waals surface area contributed by atoms with Crippen molar-refractivity contribution in [3.05, 3.63) is 69.7 Å². The number of carbonyl (C=O) groups is 2. The van der Waals surface area contributed by atoms with Gasteiger partial charge in [-0.25, -0.2) is 0 Å². The van der Waals surface area contributed by atoms with Crippen LogP contribution in [0.15, 0.2) is 48.5 Å². The zero-order chi connectivity index (χ0) is 22.2. The van der Waals surface area contributed by atoms with Gasteiger partial charge >= 0.3 is 0 Å². The highest BCUT2D eigenvalue weighted by Gasteiger charge is 2.28. The topological polar surface area (TPSA) is 49.4 Å². The molecule has 31 heavy (non-hydrogen) atoms. The van der Waals surface area contributed by atoms with Crippen LogP contribution in [0.2, 0.25) is 10.0 Å². The van der Waals surface area contributed by atoms with Crippen molar-refractivity contribution in [1.82, 2.24) is 10.2 Å². The Balaban J connectivity index is 1.72. The lowest BCUT2D eigenvalue weighted by atomic mass is 9.95. The van der Waals surface area contributed by atoms with Gasteiger partial charge in [0.1, 0.15) is 6.04 Å². The highest BCUT2D eigenvalue weighted by atomic mass is 35.5. The van der Waals surface area contributed by atoms with Crippen molar-refractivity contribution in [2.45, 2.75) is 70.5 Å². The summed E-state index contributed by atoms with van der Waals surface area (Å²) in [5.74, 6) is -0.198. The Bertz CT molecular complexity index is 897. The van der Waals surface area contributed by atoms with Gasteiger partial charge in [-0.2, -0.15) is 0 Å². The van der Waals surface area contributed by atoms with Crippen molar-refractivity contribution < 1.29 is 9.59 Å². The second-order valence-electron chi connectivity index (χ2n) is 8.22. The van der Waals surface area contributed by atoms with E-state index in [4.69, 9.17) is 23.2 Å². The molecular formula is C25H30Cl2N2O2. The van der Waals surface area contributed by atoms with E-state index in [1.165, 1.54) is 6.42 Å². The van der Waals surface area contributed by atoms with Gasteiger partial charge < -0.3 is 10.2 Å². The number of nitrogens with zero attached hydrogens (tertiary/aromatic N) is 1. The molecule has 1 N–H and O–H groups in total. The maximum absolute atomic E-state index is 13.2. The van der Waals surface area contributed by atoms with Crippen LogP contribution in [0.3, 0.4) is 0 Å². The lowest BCUT2D eigenvalue weighted by Crippen LogP contribution is -2.50. The van der Waals surface area contributed by atoms with Crippen LogP contribution >= 0.6 is 23.2 Å². The fourth-order valence-electron chi connectivity index (χ4n) is 4.05. The van der Waals surface area contributed by atoms with Gasteiger partial charge in [-0.15, -0.1) is 0 Å². The molecule has 6 heteroatoms. The van der Waals surface area contributed by atoms with E-state index in [0.29, 0.717) is 23.0 Å². The fourth-order valence-corrected chi connectivity index (χ4v) is 4.47. The van der Waals surface area contributed by atoms with E-state index in [0.717, 1.165) is 36.8 Å². The van der Waals surface area contributed by atoms with Crippen LogP contribution in [0.4, 0.5) is 0 Å². The van der Waals surface area contributed by atoms with Gasteiger partial charge in [-0.1, -0.05) is 78.9 Å². The molecule has 2 aromatic carbocycles. The Morgan fingerprint density at radius 3 is 2.16 bits per heavy atom. The highest BCUT2D eigenvalue weighted by molar-refractivity contribution is 6.31. The van der Waals surface area contributed by atoms with Gasteiger partial charge in [0, 0.05) is 29.1 Å². The number of benzene rings is 2. The highest BCUT2D eigenvalue weighted by Crippen LogP contribution is 2.22. The Kier molecular flexibility index (Phi) is 8.79. The summed E-state index contributed by atoms with van der Waals surface area (Å²) in [6, 6.07) is 14.6. The number of halogens is 2. The number of nitrogens with one attached hydrogen (secondary N) is 1. The lowest BCUT2D eigenvalue weighted by molar-refractivity contribution is -0.141. The molecule has 1 atom stereocenters. The zero-order valence-electron chi connectivity index (χ0n) is 17.9. The summed E-state index contributed by atoms with van der Waals surface area (Å²) in [5, 5.41) is 4.39. The molecule has 0 aliphatic heterocycles. The summed E-state index contributed by atoms with van der Waals surface area (Å²) in [7, 11) is 0. The minimum absolute atomic E-state index is 0.0915. The predicted octanol–water partition coefficient (Wildman–Crippen LogP) is 5.79. The van der Waals surface area contributed by atoms with E-state index < -0.39 is 6.04 Å². The standard InChI is InChI=1S/C25H30Cl2N2O2/c1-18(25(31)28-21-11-3-2-4-12-21)29(17-20-10-6-8-14-23(20)27)24(30)16-15-19-9-5-7-13-22(19)26/h5-10,13-14,18,21H,2-4,11-12,15-17H2,1H3,(H,28,31). The molecule has 2 aromatic rings. The summed E-state index contributed by atoms with van der Waals surface area (Å²) in [4.78, 5) is 27.9. The molecule has 1 saturated carbocycles. The summed E-state index contributed by atoms with van der Waals surface area (Å²) in [6.45, 7) is 2.09. The third-order valence-electron chi connectivity index (χ3n) is 5.98. The minimum Gasteiger partial charge on any atom is -0.352 e. The van der Waals surface area contributed by atoms with E-state index in [1.54, 1.807) is 17.9 Å². The molecule has 1 aliphatic rings. The normalized spacial score (nSPS) is 15.3. The maximum Gasteiger partial charge on any atom is 0.242 e. The third-order valence-corrected chi connectivity index (χ3v) is 6.72. The van der Waals surface area contributed by atoms with Crippen molar-refractivity contribution in [3.63, 3.8) is 0 Å². The molecule has 0 bridgehead atoms. The number of hydrogen-bond acceptors (Lipinski definition) is 2. The second kappa shape index (κ2) is 11.5. The van der Waals surface area contributed by atoms with Crippen molar-refractivity contribution in [2.75, 3.05) is 0 Å². The number of carbonyl (C=O) groups excluding carboxylic acids is 2. The molecule has 0 heterocycles. The Morgan fingerprint density at radius 1 is 0.968 bits per heavy atom. The molecule has 1 fully saturated rings. The molecule has 4 nitrogen and oxygen atoms in total. The first-order valence-corrected chi connectivity index (χ1v) is 11.8. The van der Waals surface area contributed by atoms with Crippen LogP contribution in [0.25, 0.3) is 0 Å². The number of aryl methyl sites for hydroxylation is 1. The van der Waals surface area contributed by atoms with Crippen LogP contribution in [-0.2, 0) is 22.6 Å². The monoisotopic (exact) mass is 460 g/mol. The molecule has 0 saturated heterocycles. The van der Waals surface area contributed by atoms with Crippen LogP contribution in [0, 0.1) is 0 Å². The van der Waals surface area contributed by atoms with Crippen molar-refractivity contribution >= 4 is 35.0 Å². The SMILES string of the molecule is CC(C(=O)NC1CCCCC1)N(Cc1ccccc1Cl)C(=O)CCc1ccccc1Cl. The number of hydrogen-bond donors (Lipinski definition) is 1. The van der Waals surface area contributed by atoms with Gasteiger partial charge in [0.25, 0.3) is 0 Å². The van der Waals surface area contributed by atoms with Gasteiger partial charge in [-0.05, 0) is 49.4 Å². The lowest BCUT2D eigenvalue weighted by Gasteiger charge is -2.31. The quantitative estimate of drug-likeness (QED) is 0.541. The van der Waals surface area contributed by atoms with E-state index in [2.05, 4.69) is 5.32 Å². The molecule has 1 aliphatic carbocycles. The van der Waals surface area contributed by atoms with E-state index >= 15 is 0 Å². The number of rotatable bonds is 8. The van der Waals surface area contributed by atoms with Crippen molar-refractivity contribution in [2.24, 2.45) is 0 Å².